The highest BCUT2D eigenvalue weighted by Crippen LogP contribution is 2.43. The summed E-state index contributed by atoms with van der Waals surface area (Å²) in [6, 6.07) is 0. The second kappa shape index (κ2) is 4.22. The Hall–Kier alpha value is -0.0431. The van der Waals surface area contributed by atoms with Crippen LogP contribution in [0.15, 0.2) is 12.3 Å². The molecule has 0 nitrogen and oxygen atoms in total. The summed E-state index contributed by atoms with van der Waals surface area (Å²) in [5.74, 6) is 0. The van der Waals surface area contributed by atoms with E-state index in [0.717, 1.165) is 0 Å². The van der Waals surface area contributed by atoms with Crippen LogP contribution < -0.4 is 0 Å². The fourth-order valence-electron chi connectivity index (χ4n) is 1.84. The lowest BCUT2D eigenvalue weighted by Gasteiger charge is -2.34. The lowest BCUT2D eigenvalue weighted by molar-refractivity contribution is 1.34. The van der Waals surface area contributed by atoms with Gasteiger partial charge in [0.05, 0.1) is 8.07 Å². The summed E-state index contributed by atoms with van der Waals surface area (Å²) in [4.78, 5) is 0. The van der Waals surface area contributed by atoms with E-state index in [4.69, 9.17) is 0 Å². The molecule has 2 fully saturated rings. The maximum atomic E-state index is 4.01. The zero-order valence-electron chi connectivity index (χ0n) is 8.40. The average Bonchev–Trinajstić information content (AvgIpc) is 2.88. The fraction of sp³-hybridized carbons (Fsp3) is 0.0769. The molecule has 0 N–H and O–H groups in total. The van der Waals surface area contributed by atoms with E-state index in [2.05, 4.69) is 70.2 Å². The molecule has 0 atom stereocenters. The molecule has 0 amide bonds. The third-order valence-corrected chi connectivity index (χ3v) is 6.81. The van der Waals surface area contributed by atoms with Gasteiger partial charge < -0.3 is 0 Å². The topological polar surface area (TPSA) is 0 Å². The van der Waals surface area contributed by atoms with Crippen LogP contribution in [-0.4, -0.2) is 8.07 Å². The minimum atomic E-state index is -1.61. The normalized spacial score (nSPS) is 25.8. The number of rotatable bonds is 3. The van der Waals surface area contributed by atoms with Gasteiger partial charge in [-0.3, -0.25) is 0 Å². The third kappa shape index (κ3) is 1.71. The molecule has 2 aliphatic rings. The second-order valence-electron chi connectivity index (χ2n) is 3.75. The summed E-state index contributed by atoms with van der Waals surface area (Å²) in [6.45, 7) is 6.34. The van der Waals surface area contributed by atoms with Gasteiger partial charge in [0.25, 0.3) is 0 Å². The van der Waals surface area contributed by atoms with Gasteiger partial charge in [-0.05, 0) is 62.4 Å². The standard InChI is InChI=1S/C13H14Si/c1-3-14(2,12-8-4-5-9-12)13-10-6-7-11-13/h3-11H,1H2,2H3. The molecule has 0 aromatic rings. The first-order valence-corrected chi connectivity index (χ1v) is 7.43. The first kappa shape index (κ1) is 10.5. The summed E-state index contributed by atoms with van der Waals surface area (Å²) < 4.78 is 0. The maximum absolute atomic E-state index is 4.01. The molecule has 0 bridgehead atoms. The first-order valence-electron chi connectivity index (χ1n) is 4.85. The molecule has 0 aromatic heterocycles. The molecule has 10 radical (unpaired) electrons. The molecule has 0 unspecified atom stereocenters. The Morgan fingerprint density at radius 2 is 1.29 bits per heavy atom. The molecular weight excluding hydrogens is 184 g/mol. The van der Waals surface area contributed by atoms with Crippen LogP contribution in [0.25, 0.3) is 0 Å². The van der Waals surface area contributed by atoms with E-state index in [1.54, 1.807) is 0 Å². The molecule has 2 saturated carbocycles. The quantitative estimate of drug-likeness (QED) is 0.612. The molecule has 1 heteroatoms. The molecule has 14 heavy (non-hydrogen) atoms. The van der Waals surface area contributed by atoms with Gasteiger partial charge in [-0.2, -0.15) is 0 Å². The summed E-state index contributed by atoms with van der Waals surface area (Å²) in [7, 11) is -1.61. The van der Waals surface area contributed by atoms with Crippen molar-refractivity contribution < 1.29 is 0 Å². The van der Waals surface area contributed by atoms with Gasteiger partial charge in [-0.1, -0.05) is 6.55 Å². The molecule has 0 heterocycles. The van der Waals surface area contributed by atoms with Gasteiger partial charge in [0, 0.05) is 0 Å². The Bertz CT molecular complexity index is 181. The molecule has 0 aromatic carbocycles. The first-order chi connectivity index (χ1) is 6.77. The second-order valence-corrected chi connectivity index (χ2v) is 7.72. The minimum Gasteiger partial charge on any atom is -0.107 e. The summed E-state index contributed by atoms with van der Waals surface area (Å²) >= 11 is 0. The van der Waals surface area contributed by atoms with Gasteiger partial charge in [0.15, 0.2) is 0 Å². The van der Waals surface area contributed by atoms with Crippen LogP contribution in [0.5, 0.6) is 0 Å². The van der Waals surface area contributed by atoms with Gasteiger partial charge in [-0.15, -0.1) is 12.3 Å². The molecular formula is C13H14Si. The van der Waals surface area contributed by atoms with E-state index in [9.17, 15) is 0 Å². The van der Waals surface area contributed by atoms with Crippen LogP contribution in [0.4, 0.5) is 0 Å². The highest BCUT2D eigenvalue weighted by atomic mass is 28.3. The molecule has 70 valence electrons. The van der Waals surface area contributed by atoms with Crippen molar-refractivity contribution in [3.05, 3.63) is 74.7 Å². The van der Waals surface area contributed by atoms with Crippen molar-refractivity contribution in [2.45, 2.75) is 6.55 Å². The molecule has 2 aliphatic carbocycles. The van der Waals surface area contributed by atoms with E-state index in [1.807, 2.05) is 0 Å². The summed E-state index contributed by atoms with van der Waals surface area (Å²) in [5, 5.41) is 0. The third-order valence-electron chi connectivity index (χ3n) is 2.93. The van der Waals surface area contributed by atoms with Crippen LogP contribution >= 0.6 is 0 Å². The monoisotopic (exact) mass is 198 g/mol. The van der Waals surface area contributed by atoms with Crippen molar-refractivity contribution in [2.75, 3.05) is 0 Å². The number of hydrogen-bond donors (Lipinski definition) is 0. The van der Waals surface area contributed by atoms with E-state index in [0.29, 0.717) is 0 Å². The van der Waals surface area contributed by atoms with E-state index in [1.165, 1.54) is 11.1 Å². The Labute approximate surface area is 89.8 Å². The predicted molar refractivity (Wildman–Crippen MR) is 62.7 cm³/mol. The summed E-state index contributed by atoms with van der Waals surface area (Å²) in [5.41, 5.74) is 5.04. The molecule has 0 aliphatic heterocycles. The zero-order chi connectivity index (χ0) is 10.0. The highest BCUT2D eigenvalue weighted by Gasteiger charge is 2.44. The van der Waals surface area contributed by atoms with Crippen LogP contribution in [0.2, 0.25) is 6.55 Å². The van der Waals surface area contributed by atoms with Crippen molar-refractivity contribution in [2.24, 2.45) is 0 Å². The Kier molecular flexibility index (Phi) is 3.16. The SMILES string of the molecule is C=C[Si](C)([C]1[CH][CH][CH][CH]1)[C]1[CH][CH][CH][CH]1. The lowest BCUT2D eigenvalue weighted by Crippen LogP contribution is -2.42. The zero-order valence-corrected chi connectivity index (χ0v) is 9.40. The number of hydrogen-bond acceptors (Lipinski definition) is 0. The van der Waals surface area contributed by atoms with Crippen LogP contribution in [0.1, 0.15) is 0 Å². The van der Waals surface area contributed by atoms with Gasteiger partial charge >= 0.3 is 0 Å². The molecule has 0 saturated heterocycles. The van der Waals surface area contributed by atoms with Gasteiger partial charge in [-0.25, -0.2) is 0 Å². The molecule has 2 rings (SSSR count). The van der Waals surface area contributed by atoms with Crippen LogP contribution in [0, 0.1) is 62.4 Å². The smallest absolute Gasteiger partial charge is 0.0880 e. The fourth-order valence-corrected chi connectivity index (χ4v) is 4.42. The van der Waals surface area contributed by atoms with Gasteiger partial charge in [0.1, 0.15) is 0 Å². The minimum absolute atomic E-state index is 1.44. The van der Waals surface area contributed by atoms with Crippen molar-refractivity contribution in [1.29, 1.82) is 0 Å². The predicted octanol–water partition coefficient (Wildman–Crippen LogP) is 2.68. The Morgan fingerprint density at radius 3 is 1.57 bits per heavy atom. The van der Waals surface area contributed by atoms with Crippen molar-refractivity contribution in [1.82, 2.24) is 0 Å². The van der Waals surface area contributed by atoms with E-state index in [-0.39, 0.29) is 0 Å². The highest BCUT2D eigenvalue weighted by molar-refractivity contribution is 6.94. The van der Waals surface area contributed by atoms with E-state index >= 15 is 0 Å². The van der Waals surface area contributed by atoms with Gasteiger partial charge in [0.2, 0.25) is 0 Å². The maximum Gasteiger partial charge on any atom is 0.0880 e. The molecule has 0 spiro atoms. The Balaban J connectivity index is 2.09. The van der Waals surface area contributed by atoms with Crippen molar-refractivity contribution in [3.63, 3.8) is 0 Å². The Morgan fingerprint density at radius 1 is 0.929 bits per heavy atom. The van der Waals surface area contributed by atoms with Crippen LogP contribution in [-0.2, 0) is 0 Å². The van der Waals surface area contributed by atoms with E-state index < -0.39 is 8.07 Å². The summed E-state index contributed by atoms with van der Waals surface area (Å²) in [6.07, 6.45) is 17.3. The lowest BCUT2D eigenvalue weighted by atomic mass is 10.3. The van der Waals surface area contributed by atoms with Crippen molar-refractivity contribution in [3.8, 4) is 0 Å². The average molecular weight is 198 g/mol. The van der Waals surface area contributed by atoms with Crippen LogP contribution in [0.3, 0.4) is 0 Å². The van der Waals surface area contributed by atoms with Crippen molar-refractivity contribution >= 4 is 8.07 Å². The largest absolute Gasteiger partial charge is 0.107 e.